The number of nitrogens with one attached hydrogen (secondary N) is 1. The van der Waals surface area contributed by atoms with E-state index in [0.717, 1.165) is 35.1 Å². The molecule has 0 saturated heterocycles. The summed E-state index contributed by atoms with van der Waals surface area (Å²) in [5, 5.41) is 6.80. The Kier molecular flexibility index (Phi) is 5.05. The molecule has 5 nitrogen and oxygen atoms in total. The Balaban J connectivity index is 1.58. The number of alkyl carbamates (subject to hydrolysis) is 1. The van der Waals surface area contributed by atoms with Gasteiger partial charge in [0.05, 0.1) is 13.3 Å². The van der Waals surface area contributed by atoms with Gasteiger partial charge in [-0.15, -0.1) is 0 Å². The summed E-state index contributed by atoms with van der Waals surface area (Å²) in [6, 6.07) is 8.53. The van der Waals surface area contributed by atoms with Gasteiger partial charge in [-0.3, -0.25) is 0 Å². The number of halogens is 2. The van der Waals surface area contributed by atoms with Crippen LogP contribution in [0.4, 0.5) is 13.6 Å². The van der Waals surface area contributed by atoms with Crippen molar-refractivity contribution in [1.29, 1.82) is 0 Å². The third kappa shape index (κ3) is 3.99. The number of benzene rings is 2. The predicted molar refractivity (Wildman–Crippen MR) is 105 cm³/mol. The molecule has 0 radical (unpaired) electrons. The van der Waals surface area contributed by atoms with Gasteiger partial charge in [-0.1, -0.05) is 18.2 Å². The van der Waals surface area contributed by atoms with Gasteiger partial charge in [0.1, 0.15) is 5.69 Å². The van der Waals surface area contributed by atoms with E-state index in [4.69, 9.17) is 0 Å². The molecule has 29 heavy (non-hydrogen) atoms. The van der Waals surface area contributed by atoms with Crippen LogP contribution in [0, 0.1) is 18.6 Å². The molecular weight excluding hydrogens is 376 g/mol. The lowest BCUT2D eigenvalue weighted by molar-refractivity contribution is 0.170. The van der Waals surface area contributed by atoms with Crippen LogP contribution in [0.3, 0.4) is 0 Å². The highest BCUT2D eigenvalue weighted by Gasteiger charge is 2.26. The van der Waals surface area contributed by atoms with E-state index in [-0.39, 0.29) is 11.6 Å². The average Bonchev–Trinajstić information content (AvgIpc) is 3.44. The first-order valence-corrected chi connectivity index (χ1v) is 9.42. The number of carbonyl (C=O) groups is 1. The molecule has 1 amide bonds. The lowest BCUT2D eigenvalue weighted by atomic mass is 10.0. The van der Waals surface area contributed by atoms with Gasteiger partial charge < -0.3 is 10.1 Å². The van der Waals surface area contributed by atoms with Gasteiger partial charge in [0.25, 0.3) is 0 Å². The Morgan fingerprint density at radius 2 is 1.93 bits per heavy atom. The first kappa shape index (κ1) is 19.1. The van der Waals surface area contributed by atoms with Crippen molar-refractivity contribution < 1.29 is 18.3 Å². The molecule has 2 aromatic carbocycles. The first-order valence-electron chi connectivity index (χ1n) is 9.42. The zero-order valence-corrected chi connectivity index (χ0v) is 16.2. The van der Waals surface area contributed by atoms with E-state index < -0.39 is 17.7 Å². The molecule has 1 aliphatic rings. The summed E-state index contributed by atoms with van der Waals surface area (Å²) in [5.74, 6) is -0.944. The number of ether oxygens (including phenoxy) is 1. The van der Waals surface area contributed by atoms with Gasteiger partial charge in [-0.05, 0) is 60.1 Å². The highest BCUT2D eigenvalue weighted by atomic mass is 19.1. The molecule has 1 N–H and O–H groups in total. The lowest BCUT2D eigenvalue weighted by Crippen LogP contribution is -2.22. The van der Waals surface area contributed by atoms with Crippen molar-refractivity contribution >= 4 is 6.09 Å². The maximum Gasteiger partial charge on any atom is 0.407 e. The van der Waals surface area contributed by atoms with Crippen molar-refractivity contribution in [2.75, 3.05) is 7.11 Å². The fourth-order valence-corrected chi connectivity index (χ4v) is 3.36. The summed E-state index contributed by atoms with van der Waals surface area (Å²) >= 11 is 0. The largest absolute Gasteiger partial charge is 0.453 e. The van der Waals surface area contributed by atoms with Crippen LogP contribution in [0.1, 0.15) is 35.4 Å². The second-order valence-corrected chi connectivity index (χ2v) is 7.27. The number of carbonyl (C=O) groups excluding carboxylic acids is 1. The fourth-order valence-electron chi connectivity index (χ4n) is 3.36. The summed E-state index contributed by atoms with van der Waals surface area (Å²) in [5.41, 5.74) is 4.06. The van der Waals surface area contributed by atoms with Crippen molar-refractivity contribution in [1.82, 2.24) is 15.1 Å². The SMILES string of the molecule is COC(=O)NCc1ccc(-c2cnn(-c3c(F)cc(C4CC4)cc3F)c2)cc1C. The molecule has 1 fully saturated rings. The molecule has 0 spiro atoms. The summed E-state index contributed by atoms with van der Waals surface area (Å²) in [6.45, 7) is 2.28. The van der Waals surface area contributed by atoms with Crippen molar-refractivity contribution in [3.05, 3.63) is 71.1 Å². The van der Waals surface area contributed by atoms with Gasteiger partial charge in [-0.25, -0.2) is 18.3 Å². The highest BCUT2D eigenvalue weighted by Crippen LogP contribution is 2.41. The number of amides is 1. The Morgan fingerprint density at radius 1 is 1.21 bits per heavy atom. The van der Waals surface area contributed by atoms with Crippen LogP contribution in [-0.4, -0.2) is 23.0 Å². The number of hydrogen-bond acceptors (Lipinski definition) is 3. The first-order chi connectivity index (χ1) is 14.0. The van der Waals surface area contributed by atoms with Crippen LogP contribution in [0.15, 0.2) is 42.7 Å². The zero-order valence-electron chi connectivity index (χ0n) is 16.2. The van der Waals surface area contributed by atoms with Crippen LogP contribution in [-0.2, 0) is 11.3 Å². The minimum Gasteiger partial charge on any atom is -0.453 e. The molecule has 1 aromatic heterocycles. The molecule has 0 aliphatic heterocycles. The monoisotopic (exact) mass is 397 g/mol. The quantitative estimate of drug-likeness (QED) is 0.669. The molecule has 4 rings (SSSR count). The standard InChI is InChI=1S/C22H21F2N3O2/c1-13-7-15(5-6-16(13)10-25-22(28)29-2)18-11-26-27(12-18)21-19(23)8-17(9-20(21)24)14-3-4-14/h5-9,11-12,14H,3-4,10H2,1-2H3,(H,25,28). The van der Waals surface area contributed by atoms with E-state index in [2.05, 4.69) is 15.2 Å². The highest BCUT2D eigenvalue weighted by molar-refractivity contribution is 5.67. The van der Waals surface area contributed by atoms with Crippen molar-refractivity contribution in [3.8, 4) is 16.8 Å². The molecule has 0 atom stereocenters. The molecule has 1 aliphatic carbocycles. The molecule has 1 saturated carbocycles. The summed E-state index contributed by atoms with van der Waals surface area (Å²) in [4.78, 5) is 11.2. The van der Waals surface area contributed by atoms with E-state index in [1.165, 1.54) is 23.9 Å². The molecule has 0 bridgehead atoms. The van der Waals surface area contributed by atoms with Gasteiger partial charge in [-0.2, -0.15) is 5.10 Å². The summed E-state index contributed by atoms with van der Waals surface area (Å²) in [6.07, 6.45) is 4.66. The normalized spacial score (nSPS) is 13.4. The number of methoxy groups -OCH3 is 1. The fraction of sp³-hybridized carbons (Fsp3) is 0.273. The van der Waals surface area contributed by atoms with E-state index in [1.54, 1.807) is 12.4 Å². The number of rotatable bonds is 5. The van der Waals surface area contributed by atoms with Crippen molar-refractivity contribution in [2.24, 2.45) is 0 Å². The molecule has 0 unspecified atom stereocenters. The topological polar surface area (TPSA) is 56.1 Å². The number of hydrogen-bond donors (Lipinski definition) is 1. The van der Waals surface area contributed by atoms with Gasteiger partial charge in [0, 0.05) is 18.3 Å². The molecule has 3 aromatic rings. The molecular formula is C22H21F2N3O2. The van der Waals surface area contributed by atoms with E-state index in [0.29, 0.717) is 12.1 Å². The molecule has 150 valence electrons. The second kappa shape index (κ2) is 7.66. The van der Waals surface area contributed by atoms with Crippen LogP contribution < -0.4 is 5.32 Å². The maximum atomic E-state index is 14.5. The maximum absolute atomic E-state index is 14.5. The van der Waals surface area contributed by atoms with Crippen LogP contribution in [0.25, 0.3) is 16.8 Å². The van der Waals surface area contributed by atoms with Crippen molar-refractivity contribution in [2.45, 2.75) is 32.2 Å². The third-order valence-corrected chi connectivity index (χ3v) is 5.18. The lowest BCUT2D eigenvalue weighted by Gasteiger charge is -2.09. The minimum absolute atomic E-state index is 0.170. The van der Waals surface area contributed by atoms with E-state index >= 15 is 0 Å². The number of aromatic nitrogens is 2. The Hall–Kier alpha value is -3.22. The predicted octanol–water partition coefficient (Wildman–Crippen LogP) is 4.86. The Morgan fingerprint density at radius 3 is 2.55 bits per heavy atom. The minimum atomic E-state index is -0.609. The smallest absolute Gasteiger partial charge is 0.407 e. The van der Waals surface area contributed by atoms with Gasteiger partial charge in [0.15, 0.2) is 11.6 Å². The third-order valence-electron chi connectivity index (χ3n) is 5.18. The van der Waals surface area contributed by atoms with Crippen molar-refractivity contribution in [3.63, 3.8) is 0 Å². The summed E-state index contributed by atoms with van der Waals surface area (Å²) in [7, 11) is 1.31. The van der Waals surface area contributed by atoms with Crippen LogP contribution in [0.2, 0.25) is 0 Å². The number of nitrogens with zero attached hydrogens (tertiary/aromatic N) is 2. The van der Waals surface area contributed by atoms with Crippen LogP contribution in [0.5, 0.6) is 0 Å². The van der Waals surface area contributed by atoms with Gasteiger partial charge in [0.2, 0.25) is 0 Å². The molecule has 1 heterocycles. The Labute approximate surface area is 167 Å². The zero-order chi connectivity index (χ0) is 20.5. The molecule has 7 heteroatoms. The average molecular weight is 397 g/mol. The summed E-state index contributed by atoms with van der Waals surface area (Å²) < 4.78 is 34.9. The number of aryl methyl sites for hydroxylation is 1. The second-order valence-electron chi connectivity index (χ2n) is 7.27. The van der Waals surface area contributed by atoms with Crippen LogP contribution >= 0.6 is 0 Å². The Bertz CT molecular complexity index is 1050. The van der Waals surface area contributed by atoms with E-state index in [9.17, 15) is 13.6 Å². The van der Waals surface area contributed by atoms with E-state index in [1.807, 2.05) is 25.1 Å². The van der Waals surface area contributed by atoms with Gasteiger partial charge >= 0.3 is 6.09 Å².